The van der Waals surface area contributed by atoms with Crippen molar-refractivity contribution in [3.63, 3.8) is 0 Å². The van der Waals surface area contributed by atoms with Gasteiger partial charge in [-0.25, -0.2) is 0 Å². The maximum absolute atomic E-state index is 11.9. The topological polar surface area (TPSA) is 43.4 Å². The maximum Gasteiger partial charge on any atom is 0.177 e. The Morgan fingerprint density at radius 3 is 2.18 bits per heavy atom. The van der Waals surface area contributed by atoms with Crippen molar-refractivity contribution in [2.45, 2.75) is 6.42 Å². The molecule has 2 rings (SSSR count). The van der Waals surface area contributed by atoms with Crippen molar-refractivity contribution >= 4 is 46.4 Å². The molecule has 0 radical (unpaired) electrons. The van der Waals surface area contributed by atoms with E-state index in [1.807, 2.05) is 0 Å². The largest absolute Gasteiger partial charge is 0.484 e. The van der Waals surface area contributed by atoms with Crippen LogP contribution < -0.4 is 4.74 Å². The van der Waals surface area contributed by atoms with Crippen molar-refractivity contribution in [2.75, 3.05) is 6.61 Å². The molecule has 0 saturated carbocycles. The van der Waals surface area contributed by atoms with Gasteiger partial charge in [0.1, 0.15) is 12.4 Å². The van der Waals surface area contributed by atoms with Gasteiger partial charge in [0.2, 0.25) is 0 Å². The zero-order valence-electron chi connectivity index (χ0n) is 11.3. The molecule has 0 spiro atoms. The van der Waals surface area contributed by atoms with Crippen LogP contribution in [-0.2, 0) is 4.79 Å². The smallest absolute Gasteiger partial charge is 0.177 e. The van der Waals surface area contributed by atoms with Crippen LogP contribution in [0.15, 0.2) is 42.5 Å². The summed E-state index contributed by atoms with van der Waals surface area (Å²) in [6.07, 6.45) is -0.243. The fraction of sp³-hybridized carbons (Fsp3) is 0.125. The standard InChI is InChI=1S/C16H11Cl3O3/c17-11-3-1-10(2-4-11)15(21)8-13(20)9-22-16-6-5-12(18)7-14(16)19/h1-7H,8-9H2. The van der Waals surface area contributed by atoms with Gasteiger partial charge >= 0.3 is 0 Å². The highest BCUT2D eigenvalue weighted by molar-refractivity contribution is 6.35. The van der Waals surface area contributed by atoms with Gasteiger partial charge in [-0.15, -0.1) is 0 Å². The molecule has 0 heterocycles. The zero-order valence-corrected chi connectivity index (χ0v) is 13.6. The number of halogens is 3. The minimum absolute atomic E-state index is 0.235. The molecule has 6 heteroatoms. The Labute approximate surface area is 142 Å². The van der Waals surface area contributed by atoms with Crippen molar-refractivity contribution in [2.24, 2.45) is 0 Å². The van der Waals surface area contributed by atoms with E-state index in [4.69, 9.17) is 39.5 Å². The molecule has 0 N–H and O–H groups in total. The first kappa shape index (κ1) is 16.8. The molecule has 114 valence electrons. The van der Waals surface area contributed by atoms with E-state index in [1.165, 1.54) is 6.07 Å². The normalized spacial score (nSPS) is 10.3. The molecule has 0 aliphatic heterocycles. The second-order valence-corrected chi connectivity index (χ2v) is 5.79. The number of benzene rings is 2. The lowest BCUT2D eigenvalue weighted by Crippen LogP contribution is -2.16. The SMILES string of the molecule is O=C(COc1ccc(Cl)cc1Cl)CC(=O)c1ccc(Cl)cc1. The molecule has 0 bridgehead atoms. The van der Waals surface area contributed by atoms with Crippen molar-refractivity contribution in [1.82, 2.24) is 0 Å². The number of ketones is 2. The van der Waals surface area contributed by atoms with E-state index in [0.29, 0.717) is 26.4 Å². The molecule has 0 saturated heterocycles. The van der Waals surface area contributed by atoms with Gasteiger partial charge in [0, 0.05) is 15.6 Å². The Bertz CT molecular complexity index is 696. The van der Waals surface area contributed by atoms with Crippen LogP contribution in [0.25, 0.3) is 0 Å². The van der Waals surface area contributed by atoms with Gasteiger partial charge < -0.3 is 4.74 Å². The number of Topliss-reactive ketones (excluding diaryl/α,β-unsaturated/α-hetero) is 2. The van der Waals surface area contributed by atoms with E-state index in [9.17, 15) is 9.59 Å². The van der Waals surface area contributed by atoms with Crippen LogP contribution in [0.2, 0.25) is 15.1 Å². The van der Waals surface area contributed by atoms with Crippen LogP contribution in [0.3, 0.4) is 0 Å². The molecule has 0 aliphatic rings. The monoisotopic (exact) mass is 356 g/mol. The van der Waals surface area contributed by atoms with Gasteiger partial charge in [0.25, 0.3) is 0 Å². The second kappa shape index (κ2) is 7.63. The average Bonchev–Trinajstić information content (AvgIpc) is 2.47. The highest BCUT2D eigenvalue weighted by Gasteiger charge is 2.13. The summed E-state index contributed by atoms with van der Waals surface area (Å²) in [6, 6.07) is 11.0. The van der Waals surface area contributed by atoms with Gasteiger partial charge in [0.15, 0.2) is 11.6 Å². The Morgan fingerprint density at radius 2 is 1.55 bits per heavy atom. The first-order valence-electron chi connectivity index (χ1n) is 6.34. The summed E-state index contributed by atoms with van der Waals surface area (Å²) in [5.41, 5.74) is 0.433. The van der Waals surface area contributed by atoms with E-state index < -0.39 is 0 Å². The van der Waals surface area contributed by atoms with Gasteiger partial charge in [-0.1, -0.05) is 34.8 Å². The molecule has 0 aromatic heterocycles. The fourth-order valence-electron chi connectivity index (χ4n) is 1.72. The van der Waals surface area contributed by atoms with E-state index in [2.05, 4.69) is 0 Å². The Morgan fingerprint density at radius 1 is 0.909 bits per heavy atom. The van der Waals surface area contributed by atoms with Crippen molar-refractivity contribution in [3.05, 3.63) is 63.1 Å². The molecule has 3 nitrogen and oxygen atoms in total. The first-order chi connectivity index (χ1) is 10.5. The van der Waals surface area contributed by atoms with Crippen LogP contribution in [0.1, 0.15) is 16.8 Å². The predicted molar refractivity (Wildman–Crippen MR) is 87.4 cm³/mol. The highest BCUT2D eigenvalue weighted by atomic mass is 35.5. The number of ether oxygens (including phenoxy) is 1. The molecule has 22 heavy (non-hydrogen) atoms. The number of carbonyl (C=O) groups is 2. The van der Waals surface area contributed by atoms with Crippen LogP contribution in [-0.4, -0.2) is 18.2 Å². The number of rotatable bonds is 6. The van der Waals surface area contributed by atoms with Crippen molar-refractivity contribution in [3.8, 4) is 5.75 Å². The van der Waals surface area contributed by atoms with Crippen molar-refractivity contribution < 1.29 is 14.3 Å². The van der Waals surface area contributed by atoms with Crippen LogP contribution in [0.5, 0.6) is 5.75 Å². The average molecular weight is 358 g/mol. The maximum atomic E-state index is 11.9. The minimum atomic E-state index is -0.342. The molecule has 2 aromatic rings. The quantitative estimate of drug-likeness (QED) is 0.547. The molecule has 0 atom stereocenters. The van der Waals surface area contributed by atoms with Gasteiger partial charge in [0.05, 0.1) is 11.4 Å². The summed E-state index contributed by atoms with van der Waals surface area (Å²) < 4.78 is 5.30. The van der Waals surface area contributed by atoms with Crippen LogP contribution in [0.4, 0.5) is 0 Å². The van der Waals surface area contributed by atoms with Crippen molar-refractivity contribution in [1.29, 1.82) is 0 Å². The molecule has 0 fully saturated rings. The molecule has 0 aliphatic carbocycles. The van der Waals surface area contributed by atoms with Gasteiger partial charge in [-0.2, -0.15) is 0 Å². The minimum Gasteiger partial charge on any atom is -0.484 e. The van der Waals surface area contributed by atoms with E-state index in [-0.39, 0.29) is 24.6 Å². The van der Waals surface area contributed by atoms with E-state index in [1.54, 1.807) is 36.4 Å². The zero-order chi connectivity index (χ0) is 16.1. The number of hydrogen-bond donors (Lipinski definition) is 0. The first-order valence-corrected chi connectivity index (χ1v) is 7.47. The molecule has 0 unspecified atom stereocenters. The Balaban J connectivity index is 1.90. The number of carbonyl (C=O) groups excluding carboxylic acids is 2. The fourth-order valence-corrected chi connectivity index (χ4v) is 2.31. The summed E-state index contributed by atoms with van der Waals surface area (Å²) in [6.45, 7) is -0.235. The molecular weight excluding hydrogens is 347 g/mol. The van der Waals surface area contributed by atoms with Gasteiger partial charge in [-0.3, -0.25) is 9.59 Å². The van der Waals surface area contributed by atoms with Gasteiger partial charge in [-0.05, 0) is 42.5 Å². The molecule has 0 amide bonds. The highest BCUT2D eigenvalue weighted by Crippen LogP contribution is 2.27. The summed E-state index contributed by atoms with van der Waals surface area (Å²) >= 11 is 17.4. The summed E-state index contributed by atoms with van der Waals surface area (Å²) in [5, 5.41) is 1.31. The summed E-state index contributed by atoms with van der Waals surface area (Å²) in [7, 11) is 0. The summed E-state index contributed by atoms with van der Waals surface area (Å²) in [5.74, 6) is -0.281. The third-order valence-electron chi connectivity index (χ3n) is 2.81. The third-order valence-corrected chi connectivity index (χ3v) is 3.59. The molecular formula is C16H11Cl3O3. The second-order valence-electron chi connectivity index (χ2n) is 4.51. The Kier molecular flexibility index (Phi) is 5.83. The van der Waals surface area contributed by atoms with Crippen LogP contribution >= 0.6 is 34.8 Å². The lowest BCUT2D eigenvalue weighted by molar-refractivity contribution is -0.120. The Hall–Kier alpha value is -1.55. The lowest BCUT2D eigenvalue weighted by atomic mass is 10.1. The van der Waals surface area contributed by atoms with E-state index >= 15 is 0 Å². The predicted octanol–water partition coefficient (Wildman–Crippen LogP) is 4.87. The summed E-state index contributed by atoms with van der Waals surface area (Å²) in [4.78, 5) is 23.7. The lowest BCUT2D eigenvalue weighted by Gasteiger charge is -2.07. The molecule has 2 aromatic carbocycles. The third kappa shape index (κ3) is 4.73. The van der Waals surface area contributed by atoms with E-state index in [0.717, 1.165) is 0 Å². The number of hydrogen-bond acceptors (Lipinski definition) is 3. The van der Waals surface area contributed by atoms with Crippen LogP contribution in [0, 0.1) is 0 Å².